The highest BCUT2D eigenvalue weighted by atomic mass is 16.6. The van der Waals surface area contributed by atoms with Crippen LogP contribution in [0.25, 0.3) is 11.3 Å². The summed E-state index contributed by atoms with van der Waals surface area (Å²) in [5, 5.41) is 16.2. The molecule has 2 amide bonds. The largest absolute Gasteiger partial charge is 0.455 e. The molecule has 0 unspecified atom stereocenters. The van der Waals surface area contributed by atoms with Gasteiger partial charge in [-0.05, 0) is 49.3 Å². The van der Waals surface area contributed by atoms with Crippen molar-refractivity contribution in [3.63, 3.8) is 0 Å². The average molecular weight is 405 g/mol. The van der Waals surface area contributed by atoms with Crippen LogP contribution < -0.4 is 0 Å². The van der Waals surface area contributed by atoms with Crippen LogP contribution >= 0.6 is 0 Å². The molecule has 8 heteroatoms. The lowest BCUT2D eigenvalue weighted by atomic mass is 9.63. The smallest absolute Gasteiger partial charge is 0.270 e. The zero-order chi connectivity index (χ0) is 21.0. The van der Waals surface area contributed by atoms with E-state index in [-0.39, 0.29) is 41.2 Å². The minimum absolute atomic E-state index is 0.0266. The molecule has 1 aliphatic heterocycles. The van der Waals surface area contributed by atoms with Gasteiger partial charge in [0.1, 0.15) is 11.5 Å². The predicted octanol–water partition coefficient (Wildman–Crippen LogP) is 3.69. The Hall–Kier alpha value is -3.55. The Balaban J connectivity index is 1.39. The van der Waals surface area contributed by atoms with E-state index < -0.39 is 4.92 Å². The second-order valence-corrected chi connectivity index (χ2v) is 8.03. The molecule has 6 rings (SSSR count). The van der Waals surface area contributed by atoms with Crippen molar-refractivity contribution in [3.05, 3.63) is 63.9 Å². The van der Waals surface area contributed by atoms with Crippen LogP contribution in [-0.4, -0.2) is 28.0 Å². The van der Waals surface area contributed by atoms with Crippen molar-refractivity contribution < 1.29 is 18.9 Å². The molecule has 8 nitrogen and oxygen atoms in total. The number of furan rings is 1. The first-order valence-electron chi connectivity index (χ1n) is 9.89. The molecule has 4 atom stereocenters. The molecule has 0 N–H and O–H groups in total. The Morgan fingerprint density at radius 2 is 1.77 bits per heavy atom. The van der Waals surface area contributed by atoms with Crippen LogP contribution in [-0.2, 0) is 9.59 Å². The fraction of sp³-hybridized carbons (Fsp3) is 0.318. The van der Waals surface area contributed by atoms with Gasteiger partial charge in [-0.25, -0.2) is 0 Å². The number of rotatable bonds is 4. The second kappa shape index (κ2) is 6.76. The Kier molecular flexibility index (Phi) is 4.16. The van der Waals surface area contributed by atoms with Crippen LogP contribution in [0.4, 0.5) is 5.69 Å². The predicted molar refractivity (Wildman–Crippen MR) is 107 cm³/mol. The molecule has 2 bridgehead atoms. The summed E-state index contributed by atoms with van der Waals surface area (Å²) < 4.78 is 5.76. The summed E-state index contributed by atoms with van der Waals surface area (Å²) in [6, 6.07) is 7.90. The lowest BCUT2D eigenvalue weighted by molar-refractivity contribution is -0.384. The van der Waals surface area contributed by atoms with Crippen LogP contribution in [0.15, 0.2) is 52.0 Å². The number of amides is 2. The number of nitrogens with zero attached hydrogens (tertiary/aromatic N) is 3. The van der Waals surface area contributed by atoms with Gasteiger partial charge in [0.05, 0.1) is 23.0 Å². The third-order valence-electron chi connectivity index (χ3n) is 6.36. The van der Waals surface area contributed by atoms with E-state index in [1.54, 1.807) is 18.2 Å². The fourth-order valence-corrected chi connectivity index (χ4v) is 4.84. The molecule has 0 spiro atoms. The summed E-state index contributed by atoms with van der Waals surface area (Å²) in [5.41, 5.74) is 1.41. The quantitative estimate of drug-likeness (QED) is 0.254. The van der Waals surface area contributed by atoms with Crippen LogP contribution in [0.2, 0.25) is 0 Å². The second-order valence-electron chi connectivity index (χ2n) is 8.03. The fourth-order valence-electron chi connectivity index (χ4n) is 4.84. The van der Waals surface area contributed by atoms with Gasteiger partial charge in [0.15, 0.2) is 0 Å². The van der Waals surface area contributed by atoms with Crippen molar-refractivity contribution in [2.24, 2.45) is 28.8 Å². The van der Waals surface area contributed by atoms with Crippen LogP contribution in [0.3, 0.4) is 0 Å². The molecule has 2 heterocycles. The number of allylic oxidation sites excluding steroid dienone is 2. The summed E-state index contributed by atoms with van der Waals surface area (Å²) in [5.74, 6) is -0.0769. The first-order chi connectivity index (χ1) is 14.4. The molecule has 1 saturated heterocycles. The number of hydrogen-bond acceptors (Lipinski definition) is 6. The molecule has 30 heavy (non-hydrogen) atoms. The van der Waals surface area contributed by atoms with E-state index in [9.17, 15) is 19.7 Å². The van der Waals surface area contributed by atoms with E-state index >= 15 is 0 Å². The molecule has 1 aromatic carbocycles. The van der Waals surface area contributed by atoms with Crippen molar-refractivity contribution in [1.82, 2.24) is 5.01 Å². The normalized spacial score (nSPS) is 27.3. The number of nitro groups is 1. The number of non-ortho nitro benzene ring substituents is 1. The molecule has 152 valence electrons. The first-order valence-corrected chi connectivity index (χ1v) is 9.89. The van der Waals surface area contributed by atoms with Gasteiger partial charge in [-0.2, -0.15) is 10.1 Å². The maximum absolute atomic E-state index is 12.8. The third-order valence-corrected chi connectivity index (χ3v) is 6.36. The van der Waals surface area contributed by atoms with Gasteiger partial charge >= 0.3 is 0 Å². The van der Waals surface area contributed by atoms with E-state index in [0.717, 1.165) is 23.4 Å². The van der Waals surface area contributed by atoms with Gasteiger partial charge in [0, 0.05) is 17.7 Å². The number of carbonyl (C=O) groups is 2. The van der Waals surface area contributed by atoms with E-state index in [4.69, 9.17) is 4.42 Å². The van der Waals surface area contributed by atoms with Crippen molar-refractivity contribution in [1.29, 1.82) is 0 Å². The van der Waals surface area contributed by atoms with Crippen molar-refractivity contribution >= 4 is 23.7 Å². The molecule has 0 radical (unpaired) electrons. The highest BCUT2D eigenvalue weighted by molar-refractivity contribution is 6.06. The van der Waals surface area contributed by atoms with Crippen molar-refractivity contribution in [2.75, 3.05) is 0 Å². The molecular formula is C22H19N3O5. The summed E-state index contributed by atoms with van der Waals surface area (Å²) in [4.78, 5) is 36.2. The summed E-state index contributed by atoms with van der Waals surface area (Å²) in [6.07, 6.45) is 7.34. The molecule has 2 aromatic rings. The lowest BCUT2D eigenvalue weighted by Crippen LogP contribution is -2.38. The summed E-state index contributed by atoms with van der Waals surface area (Å²) >= 11 is 0. The minimum atomic E-state index is -0.458. The molecule has 1 aromatic heterocycles. The molecular weight excluding hydrogens is 386 g/mol. The number of benzene rings is 1. The highest BCUT2D eigenvalue weighted by Crippen LogP contribution is 2.49. The van der Waals surface area contributed by atoms with Crippen LogP contribution in [0.1, 0.15) is 24.2 Å². The Morgan fingerprint density at radius 1 is 1.10 bits per heavy atom. The minimum Gasteiger partial charge on any atom is -0.455 e. The van der Waals surface area contributed by atoms with E-state index in [0.29, 0.717) is 17.1 Å². The van der Waals surface area contributed by atoms with E-state index in [1.807, 2.05) is 6.92 Å². The zero-order valence-electron chi connectivity index (χ0n) is 16.2. The van der Waals surface area contributed by atoms with Crippen LogP contribution in [0.5, 0.6) is 0 Å². The van der Waals surface area contributed by atoms with Crippen molar-refractivity contribution in [3.8, 4) is 11.3 Å². The van der Waals surface area contributed by atoms with Gasteiger partial charge in [0.25, 0.3) is 17.5 Å². The van der Waals surface area contributed by atoms with Gasteiger partial charge in [0.2, 0.25) is 0 Å². The molecule has 4 aliphatic rings. The summed E-state index contributed by atoms with van der Waals surface area (Å²) in [6.45, 7) is 1.83. The van der Waals surface area contributed by atoms with E-state index in [2.05, 4.69) is 17.3 Å². The van der Waals surface area contributed by atoms with Gasteiger partial charge in [-0.1, -0.05) is 18.2 Å². The summed E-state index contributed by atoms with van der Waals surface area (Å²) in [7, 11) is 0. The Labute approximate surface area is 172 Å². The number of hydrogen-bond donors (Lipinski definition) is 0. The number of hydrazone groups is 1. The number of fused-ring (bicyclic) bond motifs is 1. The average Bonchev–Trinajstić information content (AvgIpc) is 3.32. The third kappa shape index (κ3) is 2.79. The Bertz CT molecular complexity index is 1100. The highest BCUT2D eigenvalue weighted by Gasteiger charge is 2.56. The van der Waals surface area contributed by atoms with Crippen LogP contribution in [0, 0.1) is 40.7 Å². The van der Waals surface area contributed by atoms with Gasteiger partial charge in [-0.15, -0.1) is 0 Å². The lowest BCUT2D eigenvalue weighted by Gasteiger charge is -2.37. The SMILES string of the molecule is Cc1ccc([N+](=O)[O-])cc1-c1ccc(/C=N\N2C(=O)[C@@H]3[C@@H](C2=O)[C@@H]2C=C[C@@H]3CC2)o1. The monoisotopic (exact) mass is 405 g/mol. The number of imide groups is 1. The molecule has 3 aliphatic carbocycles. The first kappa shape index (κ1) is 18.5. The van der Waals surface area contributed by atoms with Gasteiger partial charge < -0.3 is 4.42 Å². The number of nitro benzene ring substituents is 1. The number of aryl methyl sites for hydroxylation is 1. The molecule has 1 saturated carbocycles. The standard InChI is InChI=1S/C22H19N3O5/c1-12-2-7-15(25(28)29)10-17(12)18-9-8-16(30-18)11-23-24-21(26)19-13-3-4-14(6-5-13)20(19)22(24)27/h2-4,7-11,13-14,19-20H,5-6H2,1H3/b23-11-/t13-,14-,19+,20+/m1/s1. The maximum atomic E-state index is 12.8. The maximum Gasteiger partial charge on any atom is 0.270 e. The van der Waals surface area contributed by atoms with Crippen molar-refractivity contribution in [2.45, 2.75) is 19.8 Å². The van der Waals surface area contributed by atoms with Gasteiger partial charge in [-0.3, -0.25) is 19.7 Å². The van der Waals surface area contributed by atoms with E-state index in [1.165, 1.54) is 18.3 Å². The zero-order valence-corrected chi connectivity index (χ0v) is 16.2. The topological polar surface area (TPSA) is 106 Å². The Morgan fingerprint density at radius 3 is 2.37 bits per heavy atom. The number of carbonyl (C=O) groups excluding carboxylic acids is 2. The molecule has 2 fully saturated rings.